The molecule has 98 valence electrons. The molecule has 0 aliphatic heterocycles. The first-order valence-corrected chi connectivity index (χ1v) is 6.21. The van der Waals surface area contributed by atoms with E-state index in [4.69, 9.17) is 4.74 Å². The molecule has 0 spiro atoms. The summed E-state index contributed by atoms with van der Waals surface area (Å²) in [6.07, 6.45) is 4.74. The van der Waals surface area contributed by atoms with Crippen LogP contribution in [0.4, 0.5) is 0 Å². The summed E-state index contributed by atoms with van der Waals surface area (Å²) in [5.41, 5.74) is 1.14. The quantitative estimate of drug-likeness (QED) is 0.797. The number of carbonyl (C=O) groups is 1. The molecule has 0 aliphatic rings. The van der Waals surface area contributed by atoms with Crippen LogP contribution in [-0.2, 0) is 17.8 Å². The minimum atomic E-state index is 0.210. The predicted molar refractivity (Wildman–Crippen MR) is 71.8 cm³/mol. The Morgan fingerprint density at radius 3 is 2.47 bits per heavy atom. The number of ether oxygens (including phenoxy) is 1. The summed E-state index contributed by atoms with van der Waals surface area (Å²) >= 11 is 0. The molecular weight excluding hydrogens is 240 g/mol. The van der Waals surface area contributed by atoms with Gasteiger partial charge < -0.3 is 9.53 Å². The highest BCUT2D eigenvalue weighted by atomic mass is 16.5. The van der Waals surface area contributed by atoms with Crippen molar-refractivity contribution in [3.63, 3.8) is 0 Å². The van der Waals surface area contributed by atoms with Gasteiger partial charge in [0.1, 0.15) is 18.1 Å². The topological polar surface area (TPSA) is 52.1 Å². The van der Waals surface area contributed by atoms with E-state index in [2.05, 4.69) is 9.97 Å². The average Bonchev–Trinajstić information content (AvgIpc) is 2.45. The maximum Gasteiger partial charge on any atom is 0.166 e. The maximum absolute atomic E-state index is 10.9. The summed E-state index contributed by atoms with van der Waals surface area (Å²) in [6, 6.07) is 9.53. The van der Waals surface area contributed by atoms with Gasteiger partial charge in [-0.05, 0) is 37.1 Å². The van der Waals surface area contributed by atoms with E-state index in [1.165, 1.54) is 0 Å². The van der Waals surface area contributed by atoms with Gasteiger partial charge in [-0.2, -0.15) is 0 Å². The van der Waals surface area contributed by atoms with Gasteiger partial charge in [-0.25, -0.2) is 9.97 Å². The maximum atomic E-state index is 10.9. The van der Waals surface area contributed by atoms with Crippen molar-refractivity contribution in [2.45, 2.75) is 26.4 Å². The third kappa shape index (κ3) is 4.50. The minimum Gasteiger partial charge on any atom is -0.486 e. The van der Waals surface area contributed by atoms with Crippen molar-refractivity contribution in [1.82, 2.24) is 9.97 Å². The molecule has 2 aromatic rings. The number of nitrogens with zero attached hydrogens (tertiary/aromatic N) is 2. The second-order valence-corrected chi connectivity index (χ2v) is 4.30. The number of carbonyl (C=O) groups excluding carboxylic acids is 1. The van der Waals surface area contributed by atoms with Crippen molar-refractivity contribution in [3.8, 4) is 5.75 Å². The zero-order valence-electron chi connectivity index (χ0n) is 10.9. The van der Waals surface area contributed by atoms with E-state index in [0.29, 0.717) is 18.9 Å². The lowest BCUT2D eigenvalue weighted by Gasteiger charge is -2.06. The fourth-order valence-electron chi connectivity index (χ4n) is 1.63. The third-order valence-corrected chi connectivity index (χ3v) is 2.68. The molecule has 0 N–H and O–H groups in total. The number of benzene rings is 1. The molecule has 0 saturated heterocycles. The third-order valence-electron chi connectivity index (χ3n) is 2.68. The highest BCUT2D eigenvalue weighted by Crippen LogP contribution is 2.14. The Labute approximate surface area is 112 Å². The van der Waals surface area contributed by atoms with Crippen LogP contribution in [0.1, 0.15) is 24.7 Å². The molecule has 1 heterocycles. The van der Waals surface area contributed by atoms with Crippen molar-refractivity contribution in [2.75, 3.05) is 0 Å². The fraction of sp³-hybridized carbons (Fsp3) is 0.267. The molecule has 4 heteroatoms. The van der Waals surface area contributed by atoms with Crippen molar-refractivity contribution < 1.29 is 9.53 Å². The van der Waals surface area contributed by atoms with Crippen molar-refractivity contribution >= 4 is 5.78 Å². The number of aromatic nitrogens is 2. The van der Waals surface area contributed by atoms with Crippen LogP contribution >= 0.6 is 0 Å². The predicted octanol–water partition coefficient (Wildman–Crippen LogP) is 2.58. The monoisotopic (exact) mass is 256 g/mol. The molecule has 0 aliphatic carbocycles. The molecule has 0 unspecified atom stereocenters. The Morgan fingerprint density at radius 1 is 1.16 bits per heavy atom. The largest absolute Gasteiger partial charge is 0.486 e. The van der Waals surface area contributed by atoms with E-state index in [9.17, 15) is 4.79 Å². The molecule has 0 fully saturated rings. The first-order valence-electron chi connectivity index (χ1n) is 6.21. The molecule has 0 atom stereocenters. The summed E-state index contributed by atoms with van der Waals surface area (Å²) in [6.45, 7) is 1.96. The number of aryl methyl sites for hydroxylation is 1. The summed E-state index contributed by atoms with van der Waals surface area (Å²) in [4.78, 5) is 19.1. The first-order chi connectivity index (χ1) is 9.24. The van der Waals surface area contributed by atoms with Crippen LogP contribution in [0.3, 0.4) is 0 Å². The van der Waals surface area contributed by atoms with Crippen LogP contribution in [-0.4, -0.2) is 15.8 Å². The first kappa shape index (κ1) is 13.2. The zero-order chi connectivity index (χ0) is 13.5. The Balaban J connectivity index is 1.86. The Morgan fingerprint density at radius 2 is 1.84 bits per heavy atom. The van der Waals surface area contributed by atoms with E-state index < -0.39 is 0 Å². The van der Waals surface area contributed by atoms with Gasteiger partial charge in [0.05, 0.1) is 0 Å². The Bertz CT molecular complexity index is 524. The minimum absolute atomic E-state index is 0.210. The molecule has 0 radical (unpaired) electrons. The lowest BCUT2D eigenvalue weighted by Crippen LogP contribution is -2.00. The Hall–Kier alpha value is -2.23. The van der Waals surface area contributed by atoms with Crippen LogP contribution in [0.5, 0.6) is 5.75 Å². The molecule has 0 bridgehead atoms. The van der Waals surface area contributed by atoms with Gasteiger partial charge in [0.25, 0.3) is 0 Å². The Kier molecular flexibility index (Phi) is 4.61. The molecule has 1 aromatic carbocycles. The number of rotatable bonds is 6. The van der Waals surface area contributed by atoms with Gasteiger partial charge in [0, 0.05) is 18.8 Å². The molecule has 0 amide bonds. The zero-order valence-corrected chi connectivity index (χ0v) is 10.9. The number of hydrogen-bond donors (Lipinski definition) is 0. The van der Waals surface area contributed by atoms with Crippen molar-refractivity contribution in [1.29, 1.82) is 0 Å². The van der Waals surface area contributed by atoms with E-state index in [0.717, 1.165) is 17.7 Å². The lowest BCUT2D eigenvalue weighted by molar-refractivity contribution is -0.116. The number of ketones is 1. The molecular formula is C15H16N2O2. The standard InChI is InChI=1S/C15H16N2O2/c1-12(18)3-4-13-5-7-14(8-6-13)19-11-15-16-9-2-10-17-15/h2,5-10H,3-4,11H2,1H3. The van der Waals surface area contributed by atoms with Gasteiger partial charge in [0.15, 0.2) is 5.82 Å². The van der Waals surface area contributed by atoms with Crippen LogP contribution in [0.15, 0.2) is 42.7 Å². The second kappa shape index (κ2) is 6.64. The van der Waals surface area contributed by atoms with Gasteiger partial charge in [-0.1, -0.05) is 12.1 Å². The average molecular weight is 256 g/mol. The number of hydrogen-bond acceptors (Lipinski definition) is 4. The van der Waals surface area contributed by atoms with E-state index in [-0.39, 0.29) is 5.78 Å². The van der Waals surface area contributed by atoms with Crippen LogP contribution in [0, 0.1) is 0 Å². The highest BCUT2D eigenvalue weighted by Gasteiger charge is 2.00. The fourth-order valence-corrected chi connectivity index (χ4v) is 1.63. The van der Waals surface area contributed by atoms with E-state index >= 15 is 0 Å². The molecule has 1 aromatic heterocycles. The van der Waals surface area contributed by atoms with Crippen molar-refractivity contribution in [3.05, 3.63) is 54.1 Å². The molecule has 0 saturated carbocycles. The SMILES string of the molecule is CC(=O)CCc1ccc(OCc2ncccn2)cc1. The highest BCUT2D eigenvalue weighted by molar-refractivity contribution is 5.75. The van der Waals surface area contributed by atoms with Gasteiger partial charge in [-0.15, -0.1) is 0 Å². The van der Waals surface area contributed by atoms with E-state index in [1.807, 2.05) is 24.3 Å². The van der Waals surface area contributed by atoms with Gasteiger partial charge in [0.2, 0.25) is 0 Å². The summed E-state index contributed by atoms with van der Waals surface area (Å²) in [5, 5.41) is 0. The molecule has 2 rings (SSSR count). The molecule has 19 heavy (non-hydrogen) atoms. The van der Waals surface area contributed by atoms with Gasteiger partial charge >= 0.3 is 0 Å². The van der Waals surface area contributed by atoms with E-state index in [1.54, 1.807) is 25.4 Å². The summed E-state index contributed by atoms with van der Waals surface area (Å²) in [7, 11) is 0. The van der Waals surface area contributed by atoms with Gasteiger partial charge in [-0.3, -0.25) is 0 Å². The summed E-state index contributed by atoms with van der Waals surface area (Å²) < 4.78 is 5.58. The van der Waals surface area contributed by atoms with Crippen LogP contribution in [0.25, 0.3) is 0 Å². The van der Waals surface area contributed by atoms with Crippen LogP contribution in [0.2, 0.25) is 0 Å². The van der Waals surface area contributed by atoms with Crippen molar-refractivity contribution in [2.24, 2.45) is 0 Å². The summed E-state index contributed by atoms with van der Waals surface area (Å²) in [5.74, 6) is 1.64. The molecule has 4 nitrogen and oxygen atoms in total. The number of Topliss-reactive ketones (excluding diaryl/α,β-unsaturated/α-hetero) is 1. The smallest absolute Gasteiger partial charge is 0.166 e. The normalized spacial score (nSPS) is 10.2. The second-order valence-electron chi connectivity index (χ2n) is 4.30. The lowest BCUT2D eigenvalue weighted by atomic mass is 10.1. The van der Waals surface area contributed by atoms with Crippen LogP contribution < -0.4 is 4.74 Å².